The maximum absolute atomic E-state index is 12.1. The van der Waals surface area contributed by atoms with Gasteiger partial charge in [0, 0.05) is 19.6 Å². The highest BCUT2D eigenvalue weighted by molar-refractivity contribution is 7.87. The second-order valence-corrected chi connectivity index (χ2v) is 8.02. The fraction of sp³-hybridized carbons (Fsp3) is 0.368. The van der Waals surface area contributed by atoms with Crippen molar-refractivity contribution in [3.63, 3.8) is 0 Å². The van der Waals surface area contributed by atoms with Crippen molar-refractivity contribution < 1.29 is 8.42 Å². The van der Waals surface area contributed by atoms with E-state index >= 15 is 0 Å². The van der Waals surface area contributed by atoms with Gasteiger partial charge in [0.1, 0.15) is 0 Å². The Bertz CT molecular complexity index is 772. The van der Waals surface area contributed by atoms with Gasteiger partial charge >= 0.3 is 0 Å². The van der Waals surface area contributed by atoms with Crippen molar-refractivity contribution in [2.75, 3.05) is 13.1 Å². The molecular formula is C19H25N3O2S. The summed E-state index contributed by atoms with van der Waals surface area (Å²) in [6.45, 7) is 3.82. The zero-order valence-electron chi connectivity index (χ0n) is 14.3. The fourth-order valence-electron chi connectivity index (χ4n) is 3.04. The molecule has 2 N–H and O–H groups in total. The zero-order valence-corrected chi connectivity index (χ0v) is 15.1. The van der Waals surface area contributed by atoms with Crippen LogP contribution in [0.25, 0.3) is 0 Å². The van der Waals surface area contributed by atoms with E-state index in [0.717, 1.165) is 30.8 Å². The second kappa shape index (κ2) is 8.58. The number of nitrogens with zero attached hydrogens (tertiary/aromatic N) is 1. The van der Waals surface area contributed by atoms with E-state index in [4.69, 9.17) is 0 Å². The standard InChI is InChI=1S/C19H25N3O2S/c23-25(24,20-14-17-7-2-1-3-8-17)21-15-18-9-6-10-19(13-18)16-22-11-4-5-12-22/h1-3,6-10,13,20-21H,4-5,11-12,14-16H2. The zero-order chi connectivity index (χ0) is 17.5. The molecular weight excluding hydrogens is 334 g/mol. The molecule has 134 valence electrons. The summed E-state index contributed by atoms with van der Waals surface area (Å²) in [5.74, 6) is 0. The molecule has 0 amide bonds. The third kappa shape index (κ3) is 5.93. The van der Waals surface area contributed by atoms with E-state index in [-0.39, 0.29) is 13.1 Å². The number of nitrogens with one attached hydrogen (secondary N) is 2. The van der Waals surface area contributed by atoms with Gasteiger partial charge < -0.3 is 0 Å². The Balaban J connectivity index is 1.51. The van der Waals surface area contributed by atoms with Crippen LogP contribution in [0.1, 0.15) is 29.5 Å². The summed E-state index contributed by atoms with van der Waals surface area (Å²) in [5.41, 5.74) is 3.14. The van der Waals surface area contributed by atoms with Crippen LogP contribution >= 0.6 is 0 Å². The van der Waals surface area contributed by atoms with Gasteiger partial charge in [-0.3, -0.25) is 4.90 Å². The van der Waals surface area contributed by atoms with Crippen molar-refractivity contribution >= 4 is 10.2 Å². The first-order valence-corrected chi connectivity index (χ1v) is 10.2. The fourth-order valence-corrected chi connectivity index (χ4v) is 3.86. The summed E-state index contributed by atoms with van der Waals surface area (Å²) in [4.78, 5) is 2.44. The summed E-state index contributed by atoms with van der Waals surface area (Å²) >= 11 is 0. The van der Waals surface area contributed by atoms with Gasteiger partial charge in [-0.05, 0) is 42.6 Å². The monoisotopic (exact) mass is 359 g/mol. The van der Waals surface area contributed by atoms with E-state index in [1.807, 2.05) is 42.5 Å². The van der Waals surface area contributed by atoms with Crippen LogP contribution in [0.5, 0.6) is 0 Å². The molecule has 0 aromatic heterocycles. The SMILES string of the molecule is O=S(=O)(NCc1ccccc1)NCc1cccc(CN2CCCC2)c1. The minimum Gasteiger partial charge on any atom is -0.299 e. The minimum absolute atomic E-state index is 0.283. The molecule has 0 aliphatic carbocycles. The van der Waals surface area contributed by atoms with Gasteiger partial charge in [-0.15, -0.1) is 0 Å². The van der Waals surface area contributed by atoms with Crippen LogP contribution in [0.4, 0.5) is 0 Å². The minimum atomic E-state index is -3.52. The van der Waals surface area contributed by atoms with E-state index < -0.39 is 10.2 Å². The predicted octanol–water partition coefficient (Wildman–Crippen LogP) is 2.41. The number of benzene rings is 2. The topological polar surface area (TPSA) is 61.4 Å². The van der Waals surface area contributed by atoms with Crippen molar-refractivity contribution in [3.05, 3.63) is 71.3 Å². The molecule has 1 aliphatic rings. The summed E-state index contributed by atoms with van der Waals surface area (Å²) in [7, 11) is -3.52. The third-order valence-corrected chi connectivity index (χ3v) is 5.42. The van der Waals surface area contributed by atoms with Gasteiger partial charge in [0.15, 0.2) is 0 Å². The van der Waals surface area contributed by atoms with E-state index in [1.165, 1.54) is 18.4 Å². The van der Waals surface area contributed by atoms with Crippen molar-refractivity contribution in [3.8, 4) is 0 Å². The third-order valence-electron chi connectivity index (χ3n) is 4.37. The van der Waals surface area contributed by atoms with Crippen LogP contribution in [-0.2, 0) is 29.8 Å². The van der Waals surface area contributed by atoms with Crippen LogP contribution in [0, 0.1) is 0 Å². The quantitative estimate of drug-likeness (QED) is 0.761. The summed E-state index contributed by atoms with van der Waals surface area (Å²) < 4.78 is 29.4. The molecule has 1 heterocycles. The van der Waals surface area contributed by atoms with Crippen molar-refractivity contribution in [1.82, 2.24) is 14.3 Å². The molecule has 0 radical (unpaired) electrons. The Labute approximate surface area is 150 Å². The number of rotatable bonds is 8. The lowest BCUT2D eigenvalue weighted by atomic mass is 10.1. The highest BCUT2D eigenvalue weighted by Gasteiger charge is 2.12. The molecule has 1 fully saturated rings. The van der Waals surface area contributed by atoms with Crippen LogP contribution in [0.2, 0.25) is 0 Å². The van der Waals surface area contributed by atoms with Crippen molar-refractivity contribution in [2.24, 2.45) is 0 Å². The van der Waals surface area contributed by atoms with Gasteiger partial charge in [0.2, 0.25) is 0 Å². The Kier molecular flexibility index (Phi) is 6.20. The molecule has 0 spiro atoms. The Hall–Kier alpha value is -1.73. The number of likely N-dealkylation sites (tertiary alicyclic amines) is 1. The lowest BCUT2D eigenvalue weighted by Gasteiger charge is -2.15. The van der Waals surface area contributed by atoms with E-state index in [9.17, 15) is 8.42 Å². The number of hydrogen-bond donors (Lipinski definition) is 2. The highest BCUT2D eigenvalue weighted by atomic mass is 32.2. The second-order valence-electron chi connectivity index (χ2n) is 6.43. The summed E-state index contributed by atoms with van der Waals surface area (Å²) in [6.07, 6.45) is 2.54. The van der Waals surface area contributed by atoms with Crippen molar-refractivity contribution in [2.45, 2.75) is 32.5 Å². The first kappa shape index (κ1) is 18.1. The van der Waals surface area contributed by atoms with E-state index in [2.05, 4.69) is 26.5 Å². The van der Waals surface area contributed by atoms with E-state index in [1.54, 1.807) is 0 Å². The largest absolute Gasteiger partial charge is 0.299 e. The van der Waals surface area contributed by atoms with Gasteiger partial charge in [0.05, 0.1) is 0 Å². The molecule has 25 heavy (non-hydrogen) atoms. The average molecular weight is 359 g/mol. The highest BCUT2D eigenvalue weighted by Crippen LogP contribution is 2.14. The first-order valence-electron chi connectivity index (χ1n) is 8.69. The Morgan fingerprint density at radius 1 is 0.800 bits per heavy atom. The van der Waals surface area contributed by atoms with Crippen LogP contribution in [0.15, 0.2) is 54.6 Å². The summed E-state index contributed by atoms with van der Waals surface area (Å²) in [6, 6.07) is 17.6. The molecule has 2 aromatic rings. The first-order chi connectivity index (χ1) is 12.1. The molecule has 2 aromatic carbocycles. The Morgan fingerprint density at radius 2 is 1.40 bits per heavy atom. The molecule has 0 atom stereocenters. The summed E-state index contributed by atoms with van der Waals surface area (Å²) in [5, 5.41) is 0. The van der Waals surface area contributed by atoms with Gasteiger partial charge in [-0.25, -0.2) is 0 Å². The lowest BCUT2D eigenvalue weighted by Crippen LogP contribution is -2.35. The molecule has 3 rings (SSSR count). The lowest BCUT2D eigenvalue weighted by molar-refractivity contribution is 0.331. The maximum Gasteiger partial charge on any atom is 0.277 e. The number of hydrogen-bond acceptors (Lipinski definition) is 3. The maximum atomic E-state index is 12.1. The van der Waals surface area contributed by atoms with Crippen LogP contribution in [0.3, 0.4) is 0 Å². The molecule has 1 aliphatic heterocycles. The van der Waals surface area contributed by atoms with Gasteiger partial charge in [-0.2, -0.15) is 17.9 Å². The molecule has 6 heteroatoms. The molecule has 0 bridgehead atoms. The average Bonchev–Trinajstić information content (AvgIpc) is 3.13. The normalized spacial score (nSPS) is 15.5. The predicted molar refractivity (Wildman–Crippen MR) is 100.0 cm³/mol. The van der Waals surface area contributed by atoms with Gasteiger partial charge in [0.25, 0.3) is 10.2 Å². The van der Waals surface area contributed by atoms with E-state index in [0.29, 0.717) is 0 Å². The molecule has 0 unspecified atom stereocenters. The smallest absolute Gasteiger partial charge is 0.277 e. The van der Waals surface area contributed by atoms with Crippen LogP contribution < -0.4 is 9.44 Å². The van der Waals surface area contributed by atoms with Gasteiger partial charge in [-0.1, -0.05) is 54.6 Å². The van der Waals surface area contributed by atoms with Crippen LogP contribution in [-0.4, -0.2) is 26.4 Å². The molecule has 0 saturated carbocycles. The van der Waals surface area contributed by atoms with Crippen molar-refractivity contribution in [1.29, 1.82) is 0 Å². The Morgan fingerprint density at radius 3 is 2.12 bits per heavy atom. The molecule has 5 nitrogen and oxygen atoms in total. The molecule has 1 saturated heterocycles.